The van der Waals surface area contributed by atoms with Gasteiger partial charge in [0.15, 0.2) is 0 Å². The normalized spacial score (nSPS) is 12.2. The Morgan fingerprint density at radius 1 is 1.25 bits per heavy atom. The van der Waals surface area contributed by atoms with Gasteiger partial charge in [0, 0.05) is 30.5 Å². The zero-order valence-corrected chi connectivity index (χ0v) is 12.1. The van der Waals surface area contributed by atoms with Gasteiger partial charge in [-0.2, -0.15) is 0 Å². The van der Waals surface area contributed by atoms with Gasteiger partial charge in [0.05, 0.1) is 0 Å². The number of nitrogens with zero attached hydrogens (tertiary/aromatic N) is 2. The fraction of sp³-hybridized carbons (Fsp3) is 0.312. The third-order valence-corrected chi connectivity index (χ3v) is 3.33. The Kier molecular flexibility index (Phi) is 4.69. The standard InChI is InChI=1S/C16H20FN3/c1-4-18-12(2)15-6-5-11-19-16(15)20(3)14-9-7-13(17)8-10-14/h5-12,18H,4H2,1-3H3. The minimum Gasteiger partial charge on any atom is -0.329 e. The summed E-state index contributed by atoms with van der Waals surface area (Å²) >= 11 is 0. The van der Waals surface area contributed by atoms with Crippen molar-refractivity contribution in [3.63, 3.8) is 0 Å². The van der Waals surface area contributed by atoms with Crippen molar-refractivity contribution in [2.45, 2.75) is 19.9 Å². The van der Waals surface area contributed by atoms with Gasteiger partial charge in [-0.25, -0.2) is 9.37 Å². The Morgan fingerprint density at radius 2 is 1.95 bits per heavy atom. The van der Waals surface area contributed by atoms with Crippen LogP contribution in [0.1, 0.15) is 25.5 Å². The summed E-state index contributed by atoms with van der Waals surface area (Å²) in [6.07, 6.45) is 1.78. The second kappa shape index (κ2) is 6.48. The molecule has 0 aliphatic heterocycles. The topological polar surface area (TPSA) is 28.2 Å². The highest BCUT2D eigenvalue weighted by Crippen LogP contribution is 2.28. The van der Waals surface area contributed by atoms with Crippen LogP contribution < -0.4 is 10.2 Å². The average molecular weight is 273 g/mol. The largest absolute Gasteiger partial charge is 0.329 e. The Hall–Kier alpha value is -1.94. The third kappa shape index (κ3) is 3.14. The SMILES string of the molecule is CCNC(C)c1cccnc1N(C)c1ccc(F)cc1. The van der Waals surface area contributed by atoms with E-state index in [0.717, 1.165) is 23.6 Å². The maximum absolute atomic E-state index is 13.0. The van der Waals surface area contributed by atoms with Crippen LogP contribution in [0.2, 0.25) is 0 Å². The molecule has 0 saturated carbocycles. The third-order valence-electron chi connectivity index (χ3n) is 3.33. The molecule has 0 aliphatic carbocycles. The second-order valence-corrected chi connectivity index (χ2v) is 4.73. The van der Waals surface area contributed by atoms with Gasteiger partial charge in [0.25, 0.3) is 0 Å². The lowest BCUT2D eigenvalue weighted by Crippen LogP contribution is -2.22. The number of halogens is 1. The van der Waals surface area contributed by atoms with Crippen molar-refractivity contribution >= 4 is 11.5 Å². The molecule has 1 unspecified atom stereocenters. The first-order chi connectivity index (χ1) is 9.63. The molecule has 0 bridgehead atoms. The van der Waals surface area contributed by atoms with Gasteiger partial charge in [-0.15, -0.1) is 0 Å². The van der Waals surface area contributed by atoms with Crippen molar-refractivity contribution < 1.29 is 4.39 Å². The smallest absolute Gasteiger partial charge is 0.137 e. The van der Waals surface area contributed by atoms with Crippen LogP contribution in [0.25, 0.3) is 0 Å². The zero-order valence-electron chi connectivity index (χ0n) is 12.1. The molecule has 20 heavy (non-hydrogen) atoms. The Balaban J connectivity index is 2.34. The number of hydrogen-bond donors (Lipinski definition) is 1. The molecule has 0 spiro atoms. The van der Waals surface area contributed by atoms with E-state index in [0.29, 0.717) is 0 Å². The van der Waals surface area contributed by atoms with Crippen molar-refractivity contribution in [3.8, 4) is 0 Å². The molecule has 1 aromatic carbocycles. The van der Waals surface area contributed by atoms with Crippen LogP contribution in [0.5, 0.6) is 0 Å². The molecule has 0 aliphatic rings. The molecule has 0 amide bonds. The van der Waals surface area contributed by atoms with E-state index in [4.69, 9.17) is 0 Å². The molecule has 1 heterocycles. The van der Waals surface area contributed by atoms with Gasteiger partial charge in [-0.3, -0.25) is 0 Å². The van der Waals surface area contributed by atoms with E-state index in [9.17, 15) is 4.39 Å². The number of nitrogens with one attached hydrogen (secondary N) is 1. The van der Waals surface area contributed by atoms with Crippen molar-refractivity contribution in [1.82, 2.24) is 10.3 Å². The first-order valence-electron chi connectivity index (χ1n) is 6.81. The van der Waals surface area contributed by atoms with Crippen LogP contribution in [0, 0.1) is 5.82 Å². The van der Waals surface area contributed by atoms with Gasteiger partial charge in [-0.05, 0) is 43.8 Å². The molecule has 4 heteroatoms. The molecule has 106 valence electrons. The van der Waals surface area contributed by atoms with Crippen LogP contribution in [0.15, 0.2) is 42.6 Å². The molecule has 0 fully saturated rings. The summed E-state index contributed by atoms with van der Waals surface area (Å²) in [5.41, 5.74) is 2.04. The van der Waals surface area contributed by atoms with E-state index in [1.807, 2.05) is 18.0 Å². The van der Waals surface area contributed by atoms with Gasteiger partial charge >= 0.3 is 0 Å². The van der Waals surface area contributed by atoms with Crippen LogP contribution in [0.4, 0.5) is 15.9 Å². The second-order valence-electron chi connectivity index (χ2n) is 4.73. The Morgan fingerprint density at radius 3 is 2.60 bits per heavy atom. The average Bonchev–Trinajstić information content (AvgIpc) is 2.47. The molecule has 2 aromatic rings. The van der Waals surface area contributed by atoms with E-state index in [1.54, 1.807) is 18.3 Å². The highest BCUT2D eigenvalue weighted by atomic mass is 19.1. The van der Waals surface area contributed by atoms with Crippen LogP contribution >= 0.6 is 0 Å². The molecular formula is C16H20FN3. The highest BCUT2D eigenvalue weighted by molar-refractivity contribution is 5.62. The number of anilines is 2. The monoisotopic (exact) mass is 273 g/mol. The van der Waals surface area contributed by atoms with Crippen molar-refractivity contribution in [3.05, 3.63) is 54.0 Å². The zero-order chi connectivity index (χ0) is 14.5. The lowest BCUT2D eigenvalue weighted by atomic mass is 10.1. The molecule has 3 nitrogen and oxygen atoms in total. The summed E-state index contributed by atoms with van der Waals surface area (Å²) in [7, 11) is 1.94. The van der Waals surface area contributed by atoms with E-state index in [2.05, 4.69) is 30.2 Å². The van der Waals surface area contributed by atoms with Crippen molar-refractivity contribution in [2.75, 3.05) is 18.5 Å². The number of aromatic nitrogens is 1. The summed E-state index contributed by atoms with van der Waals surface area (Å²) < 4.78 is 13.0. The fourth-order valence-electron chi connectivity index (χ4n) is 2.23. The molecule has 0 radical (unpaired) electrons. The first kappa shape index (κ1) is 14.5. The molecular weight excluding hydrogens is 253 g/mol. The number of hydrogen-bond acceptors (Lipinski definition) is 3. The maximum atomic E-state index is 13.0. The molecule has 0 saturated heterocycles. The molecule has 1 N–H and O–H groups in total. The maximum Gasteiger partial charge on any atom is 0.137 e. The lowest BCUT2D eigenvalue weighted by molar-refractivity contribution is 0.596. The summed E-state index contributed by atoms with van der Waals surface area (Å²) in [5, 5.41) is 3.39. The predicted molar refractivity (Wildman–Crippen MR) is 80.8 cm³/mol. The van der Waals surface area contributed by atoms with E-state index in [-0.39, 0.29) is 11.9 Å². The quantitative estimate of drug-likeness (QED) is 0.901. The van der Waals surface area contributed by atoms with Crippen molar-refractivity contribution in [2.24, 2.45) is 0 Å². The van der Waals surface area contributed by atoms with E-state index < -0.39 is 0 Å². The number of rotatable bonds is 5. The van der Waals surface area contributed by atoms with Crippen molar-refractivity contribution in [1.29, 1.82) is 0 Å². The van der Waals surface area contributed by atoms with Gasteiger partial charge in [0.1, 0.15) is 11.6 Å². The molecule has 1 aromatic heterocycles. The number of pyridine rings is 1. The Bertz CT molecular complexity index is 554. The van der Waals surface area contributed by atoms with Gasteiger partial charge in [-0.1, -0.05) is 13.0 Å². The molecule has 2 rings (SSSR count). The highest BCUT2D eigenvalue weighted by Gasteiger charge is 2.14. The minimum atomic E-state index is -0.232. The lowest BCUT2D eigenvalue weighted by Gasteiger charge is -2.24. The fourth-order valence-corrected chi connectivity index (χ4v) is 2.23. The van der Waals surface area contributed by atoms with Gasteiger partial charge < -0.3 is 10.2 Å². The summed E-state index contributed by atoms with van der Waals surface area (Å²) in [5.74, 6) is 0.650. The van der Waals surface area contributed by atoms with E-state index >= 15 is 0 Å². The van der Waals surface area contributed by atoms with E-state index in [1.165, 1.54) is 12.1 Å². The minimum absolute atomic E-state index is 0.214. The first-order valence-corrected chi connectivity index (χ1v) is 6.81. The molecule has 1 atom stereocenters. The van der Waals surface area contributed by atoms with Crippen LogP contribution in [-0.4, -0.2) is 18.6 Å². The number of benzene rings is 1. The summed E-state index contributed by atoms with van der Waals surface area (Å²) in [6.45, 7) is 5.09. The summed E-state index contributed by atoms with van der Waals surface area (Å²) in [4.78, 5) is 6.45. The predicted octanol–water partition coefficient (Wildman–Crippen LogP) is 3.66. The van der Waals surface area contributed by atoms with Crippen LogP contribution in [0.3, 0.4) is 0 Å². The van der Waals surface area contributed by atoms with Crippen LogP contribution in [-0.2, 0) is 0 Å². The summed E-state index contributed by atoms with van der Waals surface area (Å²) in [6, 6.07) is 10.6. The Labute approximate surface area is 119 Å². The van der Waals surface area contributed by atoms with Gasteiger partial charge in [0.2, 0.25) is 0 Å².